The zero-order valence-electron chi connectivity index (χ0n) is 9.45. The summed E-state index contributed by atoms with van der Waals surface area (Å²) in [4.78, 5) is 10.6. The van der Waals surface area contributed by atoms with Crippen molar-refractivity contribution in [3.05, 3.63) is 41.0 Å². The molecule has 0 heterocycles. The van der Waals surface area contributed by atoms with E-state index in [4.69, 9.17) is 5.26 Å². The van der Waals surface area contributed by atoms with Crippen molar-refractivity contribution in [1.29, 1.82) is 5.26 Å². The molecule has 0 atom stereocenters. The first-order valence-electron chi connectivity index (χ1n) is 5.05. The molecule has 0 unspecified atom stereocenters. The molecule has 82 valence electrons. The predicted molar refractivity (Wildman–Crippen MR) is 63.6 cm³/mol. The van der Waals surface area contributed by atoms with Gasteiger partial charge in [-0.15, -0.1) is 0 Å². The van der Waals surface area contributed by atoms with Gasteiger partial charge >= 0.3 is 0 Å². The third-order valence-electron chi connectivity index (χ3n) is 2.17. The van der Waals surface area contributed by atoms with Crippen LogP contribution in [0.4, 0.5) is 0 Å². The summed E-state index contributed by atoms with van der Waals surface area (Å²) in [7, 11) is 0. The fourth-order valence-electron chi connectivity index (χ4n) is 1.28. The third kappa shape index (κ3) is 3.58. The maximum absolute atomic E-state index is 10.6. The number of aryl methyl sites for hydroxylation is 1. The van der Waals surface area contributed by atoms with Gasteiger partial charge in [0, 0.05) is 13.5 Å². The van der Waals surface area contributed by atoms with Gasteiger partial charge in [0.15, 0.2) is 0 Å². The smallest absolute Gasteiger partial charge is 0.217 e. The van der Waals surface area contributed by atoms with Gasteiger partial charge in [-0.05, 0) is 30.2 Å². The van der Waals surface area contributed by atoms with E-state index in [1.807, 2.05) is 31.2 Å². The molecular weight excluding hydrogens is 200 g/mol. The zero-order chi connectivity index (χ0) is 12.0. The van der Waals surface area contributed by atoms with Crippen molar-refractivity contribution >= 4 is 12.0 Å². The molecule has 0 fully saturated rings. The van der Waals surface area contributed by atoms with E-state index in [1.54, 1.807) is 6.07 Å². The second-order valence-corrected chi connectivity index (χ2v) is 3.52. The van der Waals surface area contributed by atoms with Crippen LogP contribution in [0.5, 0.6) is 0 Å². The van der Waals surface area contributed by atoms with Crippen molar-refractivity contribution in [3.63, 3.8) is 0 Å². The Bertz CT molecular complexity index is 455. The van der Waals surface area contributed by atoms with Gasteiger partial charge in [-0.1, -0.05) is 18.2 Å². The number of hydrogen-bond donors (Lipinski definition) is 1. The van der Waals surface area contributed by atoms with Crippen LogP contribution < -0.4 is 5.32 Å². The first-order valence-corrected chi connectivity index (χ1v) is 5.05. The van der Waals surface area contributed by atoms with E-state index in [2.05, 4.69) is 11.4 Å². The highest BCUT2D eigenvalue weighted by Gasteiger charge is 1.96. The zero-order valence-corrected chi connectivity index (χ0v) is 9.45. The molecule has 0 aromatic heterocycles. The highest BCUT2D eigenvalue weighted by Crippen LogP contribution is 2.12. The third-order valence-corrected chi connectivity index (χ3v) is 2.17. The maximum atomic E-state index is 10.6. The van der Waals surface area contributed by atoms with Crippen molar-refractivity contribution in [2.75, 3.05) is 6.54 Å². The monoisotopic (exact) mass is 214 g/mol. The normalized spacial score (nSPS) is 10.1. The summed E-state index contributed by atoms with van der Waals surface area (Å²) in [6, 6.07) is 7.64. The number of nitriles is 1. The SMILES string of the molecule is CC(=O)NCC=Cc1cc(C#N)ccc1C. The Balaban J connectivity index is 2.73. The van der Waals surface area contributed by atoms with Gasteiger partial charge in [0.2, 0.25) is 5.91 Å². The van der Waals surface area contributed by atoms with E-state index in [0.717, 1.165) is 11.1 Å². The second kappa shape index (κ2) is 5.72. The number of amides is 1. The minimum absolute atomic E-state index is 0.0489. The number of rotatable bonds is 3. The maximum Gasteiger partial charge on any atom is 0.217 e. The van der Waals surface area contributed by atoms with Gasteiger partial charge in [0.05, 0.1) is 11.6 Å². The number of nitrogens with zero attached hydrogens (tertiary/aromatic N) is 1. The lowest BCUT2D eigenvalue weighted by Crippen LogP contribution is -2.19. The summed E-state index contributed by atoms with van der Waals surface area (Å²) >= 11 is 0. The molecule has 0 aliphatic heterocycles. The molecule has 0 aliphatic rings. The highest BCUT2D eigenvalue weighted by atomic mass is 16.1. The number of carbonyl (C=O) groups is 1. The second-order valence-electron chi connectivity index (χ2n) is 3.52. The minimum Gasteiger partial charge on any atom is -0.353 e. The lowest BCUT2D eigenvalue weighted by Gasteiger charge is -2.00. The molecule has 1 amide bonds. The number of carbonyl (C=O) groups excluding carboxylic acids is 1. The van der Waals surface area contributed by atoms with Gasteiger partial charge in [-0.2, -0.15) is 5.26 Å². The van der Waals surface area contributed by atoms with Crippen molar-refractivity contribution < 1.29 is 4.79 Å². The van der Waals surface area contributed by atoms with Crippen LogP contribution in [0, 0.1) is 18.3 Å². The molecule has 1 rings (SSSR count). The number of hydrogen-bond acceptors (Lipinski definition) is 2. The van der Waals surface area contributed by atoms with Crippen molar-refractivity contribution in [2.24, 2.45) is 0 Å². The molecule has 0 radical (unpaired) electrons. The Kier molecular flexibility index (Phi) is 4.28. The van der Waals surface area contributed by atoms with Crippen molar-refractivity contribution in [1.82, 2.24) is 5.32 Å². The van der Waals surface area contributed by atoms with E-state index < -0.39 is 0 Å². The Morgan fingerprint density at radius 1 is 1.56 bits per heavy atom. The molecule has 0 aliphatic carbocycles. The molecule has 0 saturated carbocycles. The van der Waals surface area contributed by atoms with Crippen LogP contribution in [0.1, 0.15) is 23.6 Å². The fraction of sp³-hybridized carbons (Fsp3) is 0.231. The topological polar surface area (TPSA) is 52.9 Å². The molecule has 1 aromatic carbocycles. The van der Waals surface area contributed by atoms with Crippen molar-refractivity contribution in [3.8, 4) is 6.07 Å². The van der Waals surface area contributed by atoms with E-state index in [0.29, 0.717) is 12.1 Å². The summed E-state index contributed by atoms with van der Waals surface area (Å²) in [6.45, 7) is 3.97. The molecular formula is C13H14N2O. The quantitative estimate of drug-likeness (QED) is 0.836. The van der Waals surface area contributed by atoms with Crippen LogP contribution in [0.3, 0.4) is 0 Å². The fourth-order valence-corrected chi connectivity index (χ4v) is 1.28. The van der Waals surface area contributed by atoms with E-state index >= 15 is 0 Å². The summed E-state index contributed by atoms with van der Waals surface area (Å²) in [5, 5.41) is 11.4. The summed E-state index contributed by atoms with van der Waals surface area (Å²) in [5.74, 6) is -0.0489. The van der Waals surface area contributed by atoms with Crippen LogP contribution in [0.25, 0.3) is 6.08 Å². The lowest BCUT2D eigenvalue weighted by molar-refractivity contribution is -0.118. The molecule has 1 N–H and O–H groups in total. The van der Waals surface area contributed by atoms with Gasteiger partial charge in [0.1, 0.15) is 0 Å². The van der Waals surface area contributed by atoms with Gasteiger partial charge in [-0.3, -0.25) is 4.79 Å². The molecule has 0 bridgehead atoms. The predicted octanol–water partition coefficient (Wildman–Crippen LogP) is 2.02. The average molecular weight is 214 g/mol. The van der Waals surface area contributed by atoms with E-state index in [-0.39, 0.29) is 5.91 Å². The summed E-state index contributed by atoms with van der Waals surface area (Å²) < 4.78 is 0. The van der Waals surface area contributed by atoms with Crippen LogP contribution >= 0.6 is 0 Å². The standard InChI is InChI=1S/C13H14N2O/c1-10-5-6-12(9-14)8-13(10)4-3-7-15-11(2)16/h3-6,8H,7H2,1-2H3,(H,15,16). The first kappa shape index (κ1) is 12.0. The molecule has 3 heteroatoms. The van der Waals surface area contributed by atoms with Crippen molar-refractivity contribution in [2.45, 2.75) is 13.8 Å². The van der Waals surface area contributed by atoms with E-state index in [1.165, 1.54) is 6.92 Å². The van der Waals surface area contributed by atoms with Crippen LogP contribution in [0.2, 0.25) is 0 Å². The largest absolute Gasteiger partial charge is 0.353 e. The molecule has 1 aromatic rings. The molecule has 3 nitrogen and oxygen atoms in total. The average Bonchev–Trinajstić information content (AvgIpc) is 2.26. The summed E-state index contributed by atoms with van der Waals surface area (Å²) in [6.07, 6.45) is 3.77. The van der Waals surface area contributed by atoms with Crippen LogP contribution in [-0.2, 0) is 4.79 Å². The highest BCUT2D eigenvalue weighted by molar-refractivity contribution is 5.73. The Hall–Kier alpha value is -2.08. The number of benzene rings is 1. The van der Waals surface area contributed by atoms with Crippen LogP contribution in [-0.4, -0.2) is 12.5 Å². The Labute approximate surface area is 95.4 Å². The Morgan fingerprint density at radius 2 is 2.31 bits per heavy atom. The Morgan fingerprint density at radius 3 is 2.94 bits per heavy atom. The van der Waals surface area contributed by atoms with Crippen LogP contribution in [0.15, 0.2) is 24.3 Å². The van der Waals surface area contributed by atoms with Gasteiger partial charge in [-0.25, -0.2) is 0 Å². The first-order chi connectivity index (χ1) is 7.63. The number of nitrogens with one attached hydrogen (secondary N) is 1. The lowest BCUT2D eigenvalue weighted by atomic mass is 10.1. The van der Waals surface area contributed by atoms with E-state index in [9.17, 15) is 4.79 Å². The van der Waals surface area contributed by atoms with Gasteiger partial charge < -0.3 is 5.32 Å². The minimum atomic E-state index is -0.0489. The van der Waals surface area contributed by atoms with Gasteiger partial charge in [0.25, 0.3) is 0 Å². The molecule has 0 spiro atoms. The molecule has 16 heavy (non-hydrogen) atoms. The summed E-state index contributed by atoms with van der Waals surface area (Å²) in [5.41, 5.74) is 2.76. The molecule has 0 saturated heterocycles.